The highest BCUT2D eigenvalue weighted by Gasteiger charge is 2.23. The maximum atomic E-state index is 13.6. The number of benzene rings is 2. The van der Waals surface area contributed by atoms with Crippen molar-refractivity contribution in [3.05, 3.63) is 78.4 Å². The molecule has 0 radical (unpaired) electrons. The number of amides is 2. The number of ether oxygens (including phenoxy) is 1. The molecule has 0 saturated heterocycles. The monoisotopic (exact) mass is 493 g/mol. The maximum Gasteiger partial charge on any atom is 0.252 e. The molecule has 1 aromatic heterocycles. The van der Waals surface area contributed by atoms with Crippen LogP contribution in [0.3, 0.4) is 0 Å². The van der Waals surface area contributed by atoms with E-state index in [0.29, 0.717) is 12.2 Å². The summed E-state index contributed by atoms with van der Waals surface area (Å²) in [6.07, 6.45) is 5.76. The average molecular weight is 494 g/mol. The Labute approximate surface area is 208 Å². The Morgan fingerprint density at radius 1 is 1.14 bits per heavy atom. The number of hydrogen-bond donors (Lipinski definition) is 2. The molecule has 2 heterocycles. The minimum Gasteiger partial charge on any atom is -0.491 e. The van der Waals surface area contributed by atoms with Crippen LogP contribution in [0.4, 0.5) is 4.39 Å². The molecule has 2 N–H and O–H groups in total. The van der Waals surface area contributed by atoms with Crippen LogP contribution in [0.2, 0.25) is 0 Å². The highest BCUT2D eigenvalue weighted by molar-refractivity contribution is 7.99. The van der Waals surface area contributed by atoms with E-state index in [0.717, 1.165) is 40.7 Å². The number of nitrogens with zero attached hydrogens (tertiary/aromatic N) is 1. The third kappa shape index (κ3) is 6.82. The largest absolute Gasteiger partial charge is 0.491 e. The van der Waals surface area contributed by atoms with Crippen molar-refractivity contribution in [2.24, 2.45) is 0 Å². The lowest BCUT2D eigenvalue weighted by Gasteiger charge is -2.22. The van der Waals surface area contributed by atoms with Gasteiger partial charge in [-0.25, -0.2) is 4.39 Å². The van der Waals surface area contributed by atoms with Gasteiger partial charge in [0.2, 0.25) is 5.91 Å². The highest BCUT2D eigenvalue weighted by Crippen LogP contribution is 2.32. The Morgan fingerprint density at radius 2 is 2.00 bits per heavy atom. The first-order chi connectivity index (χ1) is 17.0. The topological polar surface area (TPSA) is 80.3 Å². The van der Waals surface area contributed by atoms with Crippen LogP contribution in [0.1, 0.15) is 36.5 Å². The van der Waals surface area contributed by atoms with Crippen LogP contribution in [0, 0.1) is 5.82 Å². The molecule has 0 saturated carbocycles. The quantitative estimate of drug-likeness (QED) is 0.534. The molecule has 35 heavy (non-hydrogen) atoms. The summed E-state index contributed by atoms with van der Waals surface area (Å²) in [5.74, 6) is 0.302. The Morgan fingerprint density at radius 3 is 2.86 bits per heavy atom. The number of para-hydroxylation sites is 1. The number of thioether (sulfide) groups is 1. The summed E-state index contributed by atoms with van der Waals surface area (Å²) in [4.78, 5) is 31.2. The van der Waals surface area contributed by atoms with Gasteiger partial charge in [-0.05, 0) is 55.9 Å². The van der Waals surface area contributed by atoms with Gasteiger partial charge in [-0.1, -0.05) is 30.7 Å². The Balaban J connectivity index is 1.52. The number of carbonyl (C=O) groups is 2. The Kier molecular flexibility index (Phi) is 8.36. The first-order valence-corrected chi connectivity index (χ1v) is 12.6. The van der Waals surface area contributed by atoms with Crippen LogP contribution >= 0.6 is 11.8 Å². The van der Waals surface area contributed by atoms with E-state index in [1.165, 1.54) is 18.2 Å². The molecular weight excluding hydrogens is 465 g/mol. The molecule has 2 bridgehead atoms. The molecule has 6 nitrogen and oxygen atoms in total. The van der Waals surface area contributed by atoms with Crippen LogP contribution in [-0.4, -0.2) is 41.2 Å². The number of fused-ring (bicyclic) bond motifs is 4. The van der Waals surface area contributed by atoms with Gasteiger partial charge in [-0.2, -0.15) is 0 Å². The number of pyridine rings is 1. The normalized spacial score (nSPS) is 19.1. The summed E-state index contributed by atoms with van der Waals surface area (Å²) < 4.78 is 19.6. The summed E-state index contributed by atoms with van der Waals surface area (Å²) >= 11 is 1.70. The smallest absolute Gasteiger partial charge is 0.252 e. The number of aromatic nitrogens is 1. The van der Waals surface area contributed by atoms with E-state index < -0.39 is 17.8 Å². The van der Waals surface area contributed by atoms with Crippen LogP contribution < -0.4 is 15.4 Å². The lowest BCUT2D eigenvalue weighted by atomic mass is 10.1. The Hall–Kier alpha value is -3.39. The van der Waals surface area contributed by atoms with Gasteiger partial charge < -0.3 is 15.4 Å². The van der Waals surface area contributed by atoms with E-state index in [-0.39, 0.29) is 24.1 Å². The molecule has 0 spiro atoms. The van der Waals surface area contributed by atoms with Crippen LogP contribution in [0.5, 0.6) is 5.75 Å². The van der Waals surface area contributed by atoms with Gasteiger partial charge in [0.15, 0.2) is 0 Å². The van der Waals surface area contributed by atoms with Gasteiger partial charge >= 0.3 is 0 Å². The number of rotatable bonds is 2. The molecule has 0 unspecified atom stereocenters. The maximum absolute atomic E-state index is 13.6. The van der Waals surface area contributed by atoms with Crippen molar-refractivity contribution in [2.75, 3.05) is 12.4 Å². The summed E-state index contributed by atoms with van der Waals surface area (Å²) in [5, 5.41) is 5.73. The van der Waals surface area contributed by atoms with Crippen LogP contribution in [0.15, 0.2) is 71.9 Å². The van der Waals surface area contributed by atoms with Gasteiger partial charge in [0.05, 0.1) is 6.04 Å². The molecule has 3 aromatic rings. The summed E-state index contributed by atoms with van der Waals surface area (Å²) in [7, 11) is 0. The highest BCUT2D eigenvalue weighted by atomic mass is 32.2. The van der Waals surface area contributed by atoms with Crippen LogP contribution in [-0.2, 0) is 4.79 Å². The average Bonchev–Trinajstić information content (AvgIpc) is 2.86. The van der Waals surface area contributed by atoms with Crippen molar-refractivity contribution in [1.82, 2.24) is 15.6 Å². The fourth-order valence-electron chi connectivity index (χ4n) is 3.86. The standard InChI is InChI=1S/C27H28FN3O3S/c1-18-17-34-25-11-3-2-9-23(25)20-14-22(16-29-15-20)35-12-5-4-10-24(27(33)30-18)31-26(32)19-7-6-8-21(28)13-19/h2-3,6-9,11,13-16,18,24H,4-5,10,12,17H2,1H3,(H,30,33)(H,31,32)/t18-,24+/m1/s1. The number of halogens is 1. The van der Waals surface area contributed by atoms with E-state index in [1.54, 1.807) is 11.8 Å². The molecule has 0 aliphatic carbocycles. The van der Waals surface area contributed by atoms with Crippen molar-refractivity contribution in [1.29, 1.82) is 0 Å². The molecule has 2 atom stereocenters. The number of hydrogen-bond acceptors (Lipinski definition) is 5. The van der Waals surface area contributed by atoms with E-state index in [2.05, 4.69) is 21.7 Å². The summed E-state index contributed by atoms with van der Waals surface area (Å²) in [6.45, 7) is 2.11. The van der Waals surface area contributed by atoms with E-state index in [1.807, 2.05) is 43.6 Å². The van der Waals surface area contributed by atoms with Crippen molar-refractivity contribution in [3.8, 4) is 16.9 Å². The molecule has 8 heteroatoms. The zero-order chi connectivity index (χ0) is 24.6. The molecule has 1 aliphatic heterocycles. The van der Waals surface area contributed by atoms with Crippen molar-refractivity contribution >= 4 is 23.6 Å². The third-order valence-electron chi connectivity index (χ3n) is 5.65. The fourth-order valence-corrected chi connectivity index (χ4v) is 4.79. The molecule has 0 fully saturated rings. The summed E-state index contributed by atoms with van der Waals surface area (Å²) in [6, 6.07) is 14.3. The first kappa shape index (κ1) is 24.7. The van der Waals surface area contributed by atoms with Gasteiger partial charge in [0.25, 0.3) is 5.91 Å². The fraction of sp³-hybridized carbons (Fsp3) is 0.296. The van der Waals surface area contributed by atoms with Gasteiger partial charge in [-0.3, -0.25) is 14.6 Å². The van der Waals surface area contributed by atoms with Crippen LogP contribution in [0.25, 0.3) is 11.1 Å². The second kappa shape index (κ2) is 11.8. The van der Waals surface area contributed by atoms with Crippen molar-refractivity contribution in [2.45, 2.75) is 43.2 Å². The second-order valence-corrected chi connectivity index (χ2v) is 9.68. The summed E-state index contributed by atoms with van der Waals surface area (Å²) in [5.41, 5.74) is 2.10. The SMILES string of the molecule is C[C@@H]1COc2ccccc2-c2cncc(c2)SCCCC[C@H](NC(=O)c2cccc(F)c2)C(=O)N1. The Bertz CT molecular complexity index is 1190. The molecule has 1 aliphatic rings. The van der Waals surface area contributed by atoms with E-state index in [4.69, 9.17) is 4.74 Å². The minimum atomic E-state index is -0.733. The number of carbonyl (C=O) groups excluding carboxylic acids is 2. The van der Waals surface area contributed by atoms with E-state index in [9.17, 15) is 14.0 Å². The predicted molar refractivity (Wildman–Crippen MR) is 135 cm³/mol. The predicted octanol–water partition coefficient (Wildman–Crippen LogP) is 4.85. The third-order valence-corrected chi connectivity index (χ3v) is 6.70. The lowest BCUT2D eigenvalue weighted by Crippen LogP contribution is -2.50. The molecule has 4 rings (SSSR count). The zero-order valence-electron chi connectivity index (χ0n) is 19.5. The second-order valence-electron chi connectivity index (χ2n) is 8.51. The molecular formula is C27H28FN3O3S. The lowest BCUT2D eigenvalue weighted by molar-refractivity contribution is -0.124. The zero-order valence-corrected chi connectivity index (χ0v) is 20.3. The molecule has 2 aromatic carbocycles. The van der Waals surface area contributed by atoms with Gasteiger partial charge in [-0.15, -0.1) is 11.8 Å². The molecule has 2 amide bonds. The van der Waals surface area contributed by atoms with E-state index >= 15 is 0 Å². The van der Waals surface area contributed by atoms with Gasteiger partial charge in [0.1, 0.15) is 24.2 Å². The van der Waals surface area contributed by atoms with Crippen molar-refractivity contribution < 1.29 is 18.7 Å². The number of nitrogens with one attached hydrogen (secondary N) is 2. The van der Waals surface area contributed by atoms with Crippen molar-refractivity contribution in [3.63, 3.8) is 0 Å². The minimum absolute atomic E-state index is 0.181. The van der Waals surface area contributed by atoms with Gasteiger partial charge in [0, 0.05) is 34.0 Å². The first-order valence-electron chi connectivity index (χ1n) is 11.7. The molecule has 182 valence electrons.